The third-order valence-electron chi connectivity index (χ3n) is 3.57. The Hall–Kier alpha value is -1.75. The van der Waals surface area contributed by atoms with E-state index in [4.69, 9.17) is 4.52 Å². The normalized spacial score (nSPS) is 14.4. The SMILES string of the molecule is CNC(C)C(c1nc(Cc2cccnc2)no1)C(C)C. The van der Waals surface area contributed by atoms with Crippen LogP contribution in [-0.4, -0.2) is 28.2 Å². The fourth-order valence-corrected chi connectivity index (χ4v) is 2.42. The van der Waals surface area contributed by atoms with Crippen LogP contribution in [0, 0.1) is 5.92 Å². The second-order valence-corrected chi connectivity index (χ2v) is 5.43. The Balaban J connectivity index is 2.15. The van der Waals surface area contributed by atoms with Crippen molar-refractivity contribution >= 4 is 0 Å². The molecule has 2 unspecified atom stereocenters. The molecular weight excluding hydrogens is 252 g/mol. The minimum Gasteiger partial charge on any atom is -0.339 e. The van der Waals surface area contributed by atoms with E-state index in [-0.39, 0.29) is 5.92 Å². The molecular formula is C15H22N4O. The molecule has 0 aromatic carbocycles. The van der Waals surface area contributed by atoms with Crippen LogP contribution in [0.15, 0.2) is 29.0 Å². The van der Waals surface area contributed by atoms with Gasteiger partial charge >= 0.3 is 0 Å². The highest BCUT2D eigenvalue weighted by Crippen LogP contribution is 2.26. The van der Waals surface area contributed by atoms with Crippen LogP contribution in [0.1, 0.15) is 44.0 Å². The smallest absolute Gasteiger partial charge is 0.231 e. The van der Waals surface area contributed by atoms with Gasteiger partial charge in [0.05, 0.1) is 5.92 Å². The summed E-state index contributed by atoms with van der Waals surface area (Å²) in [7, 11) is 1.95. The van der Waals surface area contributed by atoms with Crippen molar-refractivity contribution in [3.63, 3.8) is 0 Å². The number of rotatable bonds is 6. The Morgan fingerprint density at radius 3 is 2.70 bits per heavy atom. The van der Waals surface area contributed by atoms with E-state index < -0.39 is 0 Å². The Labute approximate surface area is 119 Å². The van der Waals surface area contributed by atoms with Crippen LogP contribution in [0.5, 0.6) is 0 Å². The van der Waals surface area contributed by atoms with Gasteiger partial charge in [-0.15, -0.1) is 0 Å². The summed E-state index contributed by atoms with van der Waals surface area (Å²) in [6, 6.07) is 4.22. The summed E-state index contributed by atoms with van der Waals surface area (Å²) < 4.78 is 5.46. The highest BCUT2D eigenvalue weighted by Gasteiger charge is 2.27. The van der Waals surface area contributed by atoms with Crippen molar-refractivity contribution in [1.29, 1.82) is 0 Å². The lowest BCUT2D eigenvalue weighted by atomic mass is 9.89. The fraction of sp³-hybridized carbons (Fsp3) is 0.533. The predicted octanol–water partition coefficient (Wildman–Crippen LogP) is 2.40. The zero-order chi connectivity index (χ0) is 14.5. The summed E-state index contributed by atoms with van der Waals surface area (Å²) in [6.45, 7) is 6.47. The van der Waals surface area contributed by atoms with Crippen LogP contribution < -0.4 is 5.32 Å². The van der Waals surface area contributed by atoms with Crippen LogP contribution >= 0.6 is 0 Å². The maximum atomic E-state index is 5.46. The second kappa shape index (κ2) is 6.61. The molecule has 2 aromatic heterocycles. The molecule has 0 radical (unpaired) electrons. The van der Waals surface area contributed by atoms with Crippen molar-refractivity contribution < 1.29 is 4.52 Å². The van der Waals surface area contributed by atoms with Crippen molar-refractivity contribution in [2.24, 2.45) is 5.92 Å². The lowest BCUT2D eigenvalue weighted by Crippen LogP contribution is -2.32. The van der Waals surface area contributed by atoms with Crippen LogP contribution in [0.4, 0.5) is 0 Å². The van der Waals surface area contributed by atoms with E-state index >= 15 is 0 Å². The van der Waals surface area contributed by atoms with E-state index in [1.807, 2.05) is 25.4 Å². The molecule has 20 heavy (non-hydrogen) atoms. The number of nitrogens with zero attached hydrogens (tertiary/aromatic N) is 3. The zero-order valence-electron chi connectivity index (χ0n) is 12.5. The molecule has 0 fully saturated rings. The maximum Gasteiger partial charge on any atom is 0.231 e. The lowest BCUT2D eigenvalue weighted by molar-refractivity contribution is 0.285. The molecule has 5 heteroatoms. The fourth-order valence-electron chi connectivity index (χ4n) is 2.42. The number of aromatic nitrogens is 3. The Morgan fingerprint density at radius 1 is 1.30 bits per heavy atom. The third kappa shape index (κ3) is 3.42. The molecule has 0 amide bonds. The summed E-state index contributed by atoms with van der Waals surface area (Å²) in [5.74, 6) is 2.07. The molecule has 0 saturated heterocycles. The monoisotopic (exact) mass is 274 g/mol. The molecule has 1 N–H and O–H groups in total. The number of pyridine rings is 1. The standard InChI is InChI=1S/C15H22N4O/c1-10(2)14(11(3)16-4)15-18-13(19-20-15)8-12-6-5-7-17-9-12/h5-7,9-11,14,16H,8H2,1-4H3. The Kier molecular flexibility index (Phi) is 4.84. The Morgan fingerprint density at radius 2 is 2.10 bits per heavy atom. The highest BCUT2D eigenvalue weighted by molar-refractivity contribution is 5.14. The molecule has 2 heterocycles. The molecule has 108 valence electrons. The van der Waals surface area contributed by atoms with Gasteiger partial charge in [0.25, 0.3) is 0 Å². The van der Waals surface area contributed by atoms with E-state index in [1.165, 1.54) is 0 Å². The summed E-state index contributed by atoms with van der Waals surface area (Å²) in [6.07, 6.45) is 4.23. The van der Waals surface area contributed by atoms with Crippen molar-refractivity contribution in [2.75, 3.05) is 7.05 Å². The first-order valence-electron chi connectivity index (χ1n) is 7.00. The van der Waals surface area contributed by atoms with E-state index in [2.05, 4.69) is 41.2 Å². The quantitative estimate of drug-likeness (QED) is 0.876. The van der Waals surface area contributed by atoms with Gasteiger partial charge in [0.15, 0.2) is 5.82 Å². The van der Waals surface area contributed by atoms with E-state index in [0.717, 1.165) is 5.56 Å². The van der Waals surface area contributed by atoms with Gasteiger partial charge in [0.2, 0.25) is 5.89 Å². The summed E-state index contributed by atoms with van der Waals surface area (Å²) >= 11 is 0. The predicted molar refractivity (Wildman–Crippen MR) is 77.4 cm³/mol. The van der Waals surface area contributed by atoms with Gasteiger partial charge in [0, 0.05) is 24.9 Å². The zero-order valence-corrected chi connectivity index (χ0v) is 12.5. The highest BCUT2D eigenvalue weighted by atomic mass is 16.5. The third-order valence-corrected chi connectivity index (χ3v) is 3.57. The number of nitrogens with one attached hydrogen (secondary N) is 1. The molecule has 5 nitrogen and oxygen atoms in total. The largest absolute Gasteiger partial charge is 0.339 e. The first kappa shape index (κ1) is 14.7. The molecule has 2 rings (SSSR count). The van der Waals surface area contributed by atoms with Crippen molar-refractivity contribution in [3.05, 3.63) is 41.8 Å². The van der Waals surface area contributed by atoms with E-state index in [9.17, 15) is 0 Å². The minimum atomic E-state index is 0.218. The first-order valence-corrected chi connectivity index (χ1v) is 7.00. The average Bonchev–Trinajstić information content (AvgIpc) is 2.87. The second-order valence-electron chi connectivity index (χ2n) is 5.43. The average molecular weight is 274 g/mol. The van der Waals surface area contributed by atoms with Gasteiger partial charge in [-0.3, -0.25) is 4.98 Å². The molecule has 2 aromatic rings. The molecule has 0 bridgehead atoms. The topological polar surface area (TPSA) is 63.8 Å². The van der Waals surface area contributed by atoms with E-state index in [1.54, 1.807) is 6.20 Å². The number of hydrogen-bond donors (Lipinski definition) is 1. The van der Waals surface area contributed by atoms with Crippen molar-refractivity contribution in [2.45, 2.75) is 39.2 Å². The molecule has 2 atom stereocenters. The van der Waals surface area contributed by atoms with Crippen molar-refractivity contribution in [1.82, 2.24) is 20.4 Å². The molecule has 0 aliphatic rings. The number of likely N-dealkylation sites (N-methyl/N-ethyl adjacent to an activating group) is 1. The first-order chi connectivity index (χ1) is 9.61. The summed E-state index contributed by atoms with van der Waals surface area (Å²) in [5, 5.41) is 7.36. The van der Waals surface area contributed by atoms with Gasteiger partial charge in [-0.05, 0) is 31.5 Å². The van der Waals surface area contributed by atoms with Crippen LogP contribution in [0.25, 0.3) is 0 Å². The van der Waals surface area contributed by atoms with Crippen LogP contribution in [0.3, 0.4) is 0 Å². The Bertz CT molecular complexity index is 524. The molecule has 0 saturated carbocycles. The van der Waals surface area contributed by atoms with Gasteiger partial charge < -0.3 is 9.84 Å². The van der Waals surface area contributed by atoms with Gasteiger partial charge in [0.1, 0.15) is 0 Å². The summed E-state index contributed by atoms with van der Waals surface area (Å²) in [5.41, 5.74) is 1.09. The van der Waals surface area contributed by atoms with Gasteiger partial charge in [-0.25, -0.2) is 0 Å². The lowest BCUT2D eigenvalue weighted by Gasteiger charge is -2.23. The molecule has 0 spiro atoms. The van der Waals surface area contributed by atoms with Crippen LogP contribution in [-0.2, 0) is 6.42 Å². The van der Waals surface area contributed by atoms with E-state index in [0.29, 0.717) is 30.1 Å². The number of hydrogen-bond acceptors (Lipinski definition) is 5. The van der Waals surface area contributed by atoms with Crippen LogP contribution in [0.2, 0.25) is 0 Å². The molecule has 0 aliphatic carbocycles. The van der Waals surface area contributed by atoms with Crippen molar-refractivity contribution in [3.8, 4) is 0 Å². The van der Waals surface area contributed by atoms with Gasteiger partial charge in [-0.2, -0.15) is 4.98 Å². The van der Waals surface area contributed by atoms with Gasteiger partial charge in [-0.1, -0.05) is 25.1 Å². The minimum absolute atomic E-state index is 0.218. The maximum absolute atomic E-state index is 5.46. The summed E-state index contributed by atoms with van der Waals surface area (Å²) in [4.78, 5) is 8.65. The molecule has 0 aliphatic heterocycles.